The van der Waals surface area contributed by atoms with Gasteiger partial charge in [0.15, 0.2) is 0 Å². The summed E-state index contributed by atoms with van der Waals surface area (Å²) in [5.41, 5.74) is 1.59. The lowest BCUT2D eigenvalue weighted by Crippen LogP contribution is -2.57. The minimum absolute atomic E-state index is 0.0642. The van der Waals surface area contributed by atoms with Crippen molar-refractivity contribution in [3.8, 4) is 11.5 Å². The van der Waals surface area contributed by atoms with Gasteiger partial charge in [0.1, 0.15) is 18.1 Å². The molecule has 1 saturated heterocycles. The van der Waals surface area contributed by atoms with Crippen molar-refractivity contribution in [2.75, 3.05) is 26.8 Å². The Kier molecular flexibility index (Phi) is 4.07. The SMILES string of the molecule is COc1ccc2c(c1)C=C(C(=O)N1CCNC(C)C1C)CO2. The standard InChI is InChI=1S/C17H22N2O3/c1-11-12(2)19(7-6-18-11)17(20)14-8-13-9-15(21-3)4-5-16(13)22-10-14/h4-5,8-9,11-12,18H,6-7,10H2,1-3H3. The molecule has 0 radical (unpaired) electrons. The number of hydrogen-bond donors (Lipinski definition) is 1. The van der Waals surface area contributed by atoms with Crippen LogP contribution in [0.4, 0.5) is 0 Å². The maximum Gasteiger partial charge on any atom is 0.253 e. The molecule has 22 heavy (non-hydrogen) atoms. The number of rotatable bonds is 2. The molecule has 0 aromatic heterocycles. The van der Waals surface area contributed by atoms with Crippen LogP contribution >= 0.6 is 0 Å². The average Bonchev–Trinajstić information content (AvgIpc) is 2.55. The molecule has 0 saturated carbocycles. The lowest BCUT2D eigenvalue weighted by molar-refractivity contribution is -0.131. The van der Waals surface area contributed by atoms with Gasteiger partial charge >= 0.3 is 0 Å². The molecule has 1 amide bonds. The van der Waals surface area contributed by atoms with E-state index in [1.807, 2.05) is 29.2 Å². The summed E-state index contributed by atoms with van der Waals surface area (Å²) in [5, 5.41) is 3.39. The normalized spacial score (nSPS) is 24.1. The number of fused-ring (bicyclic) bond motifs is 1. The highest BCUT2D eigenvalue weighted by Gasteiger charge is 2.31. The van der Waals surface area contributed by atoms with E-state index in [1.54, 1.807) is 7.11 Å². The number of nitrogens with zero attached hydrogens (tertiary/aromatic N) is 1. The van der Waals surface area contributed by atoms with E-state index in [2.05, 4.69) is 19.2 Å². The molecule has 2 aliphatic rings. The molecule has 3 rings (SSSR count). The minimum atomic E-state index is 0.0642. The van der Waals surface area contributed by atoms with Gasteiger partial charge in [0, 0.05) is 30.7 Å². The van der Waals surface area contributed by atoms with Gasteiger partial charge in [-0.05, 0) is 38.1 Å². The van der Waals surface area contributed by atoms with Crippen molar-refractivity contribution in [2.24, 2.45) is 0 Å². The third-order valence-electron chi connectivity index (χ3n) is 4.50. The molecule has 2 atom stereocenters. The van der Waals surface area contributed by atoms with Gasteiger partial charge in [0.2, 0.25) is 0 Å². The Morgan fingerprint density at radius 3 is 3.00 bits per heavy atom. The van der Waals surface area contributed by atoms with Gasteiger partial charge in [-0.3, -0.25) is 4.79 Å². The van der Waals surface area contributed by atoms with Gasteiger partial charge in [-0.15, -0.1) is 0 Å². The summed E-state index contributed by atoms with van der Waals surface area (Å²) in [6, 6.07) is 6.11. The fourth-order valence-corrected chi connectivity index (χ4v) is 2.93. The topological polar surface area (TPSA) is 50.8 Å². The molecule has 1 aromatic rings. The fraction of sp³-hybridized carbons (Fsp3) is 0.471. The number of ether oxygens (including phenoxy) is 2. The first-order chi connectivity index (χ1) is 10.6. The van der Waals surface area contributed by atoms with Crippen molar-refractivity contribution in [3.05, 3.63) is 29.3 Å². The second-order valence-electron chi connectivity index (χ2n) is 5.84. The lowest BCUT2D eigenvalue weighted by Gasteiger charge is -2.39. The number of carbonyl (C=O) groups is 1. The molecule has 2 aliphatic heterocycles. The first kappa shape index (κ1) is 14.9. The zero-order valence-electron chi connectivity index (χ0n) is 13.3. The van der Waals surface area contributed by atoms with Crippen LogP contribution in [0, 0.1) is 0 Å². The van der Waals surface area contributed by atoms with Crippen LogP contribution < -0.4 is 14.8 Å². The number of piperazine rings is 1. The molecule has 0 bridgehead atoms. The van der Waals surface area contributed by atoms with Crippen molar-refractivity contribution in [3.63, 3.8) is 0 Å². The van der Waals surface area contributed by atoms with E-state index in [0.717, 1.165) is 30.2 Å². The molecule has 5 heteroatoms. The lowest BCUT2D eigenvalue weighted by atomic mass is 10.0. The van der Waals surface area contributed by atoms with Gasteiger partial charge < -0.3 is 19.7 Å². The Morgan fingerprint density at radius 1 is 1.41 bits per heavy atom. The first-order valence-corrected chi connectivity index (χ1v) is 7.66. The summed E-state index contributed by atoms with van der Waals surface area (Å²) in [7, 11) is 1.63. The molecule has 5 nitrogen and oxygen atoms in total. The summed E-state index contributed by atoms with van der Waals surface area (Å²) in [6.07, 6.45) is 1.92. The summed E-state index contributed by atoms with van der Waals surface area (Å²) < 4.78 is 11.0. The Hall–Kier alpha value is -2.01. The third kappa shape index (κ3) is 2.68. The molecule has 2 unspecified atom stereocenters. The Morgan fingerprint density at radius 2 is 2.23 bits per heavy atom. The highest BCUT2D eigenvalue weighted by Crippen LogP contribution is 2.30. The smallest absolute Gasteiger partial charge is 0.253 e. The second kappa shape index (κ2) is 6.01. The van der Waals surface area contributed by atoms with Crippen molar-refractivity contribution in [1.29, 1.82) is 0 Å². The molecule has 1 N–H and O–H groups in total. The largest absolute Gasteiger partial charge is 0.497 e. The van der Waals surface area contributed by atoms with Crippen molar-refractivity contribution < 1.29 is 14.3 Å². The van der Waals surface area contributed by atoms with Crippen molar-refractivity contribution >= 4 is 12.0 Å². The van der Waals surface area contributed by atoms with Crippen molar-refractivity contribution in [2.45, 2.75) is 25.9 Å². The average molecular weight is 302 g/mol. The second-order valence-corrected chi connectivity index (χ2v) is 5.84. The minimum Gasteiger partial charge on any atom is -0.497 e. The summed E-state index contributed by atoms with van der Waals surface area (Å²) in [6.45, 7) is 6.07. The summed E-state index contributed by atoms with van der Waals surface area (Å²) >= 11 is 0. The van der Waals surface area contributed by atoms with Crippen LogP contribution in [-0.2, 0) is 4.79 Å². The van der Waals surface area contributed by atoms with E-state index in [1.165, 1.54) is 0 Å². The highest BCUT2D eigenvalue weighted by atomic mass is 16.5. The molecule has 1 fully saturated rings. The zero-order chi connectivity index (χ0) is 15.7. The quantitative estimate of drug-likeness (QED) is 0.903. The molecular formula is C17H22N2O3. The monoisotopic (exact) mass is 302 g/mol. The van der Waals surface area contributed by atoms with Gasteiger partial charge in [0.05, 0.1) is 12.7 Å². The van der Waals surface area contributed by atoms with E-state index >= 15 is 0 Å². The third-order valence-corrected chi connectivity index (χ3v) is 4.50. The van der Waals surface area contributed by atoms with Crippen LogP contribution in [0.2, 0.25) is 0 Å². The van der Waals surface area contributed by atoms with E-state index in [4.69, 9.17) is 9.47 Å². The van der Waals surface area contributed by atoms with Gasteiger partial charge in [-0.1, -0.05) is 0 Å². The van der Waals surface area contributed by atoms with E-state index in [9.17, 15) is 4.79 Å². The predicted molar refractivity (Wildman–Crippen MR) is 85.1 cm³/mol. The number of carbonyl (C=O) groups excluding carboxylic acids is 1. The number of amides is 1. The number of methoxy groups -OCH3 is 1. The van der Waals surface area contributed by atoms with E-state index < -0.39 is 0 Å². The summed E-state index contributed by atoms with van der Waals surface area (Å²) in [5.74, 6) is 1.62. The maximum atomic E-state index is 12.8. The highest BCUT2D eigenvalue weighted by molar-refractivity contribution is 5.99. The Labute approximate surface area is 130 Å². The Balaban J connectivity index is 1.85. The van der Waals surface area contributed by atoms with Gasteiger partial charge in [0.25, 0.3) is 5.91 Å². The van der Waals surface area contributed by atoms with Crippen LogP contribution in [0.5, 0.6) is 11.5 Å². The predicted octanol–water partition coefficient (Wildman–Crippen LogP) is 1.68. The summed E-state index contributed by atoms with van der Waals surface area (Å²) in [4.78, 5) is 14.7. The zero-order valence-corrected chi connectivity index (χ0v) is 13.3. The van der Waals surface area contributed by atoms with Crippen LogP contribution in [0.1, 0.15) is 19.4 Å². The molecule has 1 aromatic carbocycles. The molecule has 2 heterocycles. The van der Waals surface area contributed by atoms with E-state index in [0.29, 0.717) is 18.2 Å². The van der Waals surface area contributed by atoms with Crippen LogP contribution in [0.25, 0.3) is 6.08 Å². The fourth-order valence-electron chi connectivity index (χ4n) is 2.93. The number of hydrogen-bond acceptors (Lipinski definition) is 4. The van der Waals surface area contributed by atoms with Gasteiger partial charge in [-0.2, -0.15) is 0 Å². The number of benzene rings is 1. The first-order valence-electron chi connectivity index (χ1n) is 7.66. The molecule has 0 spiro atoms. The van der Waals surface area contributed by atoms with Gasteiger partial charge in [-0.25, -0.2) is 0 Å². The Bertz CT molecular complexity index is 612. The van der Waals surface area contributed by atoms with Crippen LogP contribution in [-0.4, -0.2) is 49.7 Å². The molecule has 0 aliphatic carbocycles. The van der Waals surface area contributed by atoms with Crippen LogP contribution in [0.3, 0.4) is 0 Å². The maximum absolute atomic E-state index is 12.8. The molecule has 118 valence electrons. The van der Waals surface area contributed by atoms with Crippen LogP contribution in [0.15, 0.2) is 23.8 Å². The molecular weight excluding hydrogens is 280 g/mol. The van der Waals surface area contributed by atoms with E-state index in [-0.39, 0.29) is 11.9 Å². The number of nitrogens with one attached hydrogen (secondary N) is 1. The van der Waals surface area contributed by atoms with Crippen molar-refractivity contribution in [1.82, 2.24) is 10.2 Å².